The van der Waals surface area contributed by atoms with Crippen LogP contribution in [0, 0.1) is 6.92 Å². The van der Waals surface area contributed by atoms with Crippen LogP contribution in [0.15, 0.2) is 46.0 Å². The van der Waals surface area contributed by atoms with E-state index in [4.69, 9.17) is 13.9 Å². The molecule has 2 amide bonds. The second kappa shape index (κ2) is 11.5. The molecule has 0 saturated heterocycles. The number of aromatic nitrogens is 1. The van der Waals surface area contributed by atoms with Crippen LogP contribution in [0.4, 0.5) is 9.80 Å². The number of benzene rings is 1. The molecule has 2 aliphatic rings. The summed E-state index contributed by atoms with van der Waals surface area (Å²) in [6, 6.07) is 6.37. The van der Waals surface area contributed by atoms with Crippen LogP contribution in [0.25, 0.3) is 10.8 Å². The zero-order valence-corrected chi connectivity index (χ0v) is 25.4. The van der Waals surface area contributed by atoms with Gasteiger partial charge in [0.05, 0.1) is 36.9 Å². The number of carboxylic acids is 1. The standard InChI is InChI=1S/C28H35N3O9S2/c1-16-22(24-29-13-14-39-24)41-25-23(16)42(36,37)31(28(2,3)26(33)34)27(35)30(25)15-21(19-7-5-6-8-20(19)38-4)40-18-11-9-17(32)10-12-18/h5-8,13-14,17-18,21,32,36-37H,9-12,15H2,1-4H3,(H,33,34). The van der Waals surface area contributed by atoms with E-state index in [9.17, 15) is 28.9 Å². The molecular formula is C28H35N3O9S2. The third-order valence-corrected chi connectivity index (χ3v) is 11.3. The highest BCUT2D eigenvalue weighted by molar-refractivity contribution is 8.23. The predicted molar refractivity (Wildman–Crippen MR) is 157 cm³/mol. The third-order valence-electron chi connectivity index (χ3n) is 7.74. The molecule has 0 spiro atoms. The molecule has 1 aliphatic carbocycles. The van der Waals surface area contributed by atoms with Gasteiger partial charge >= 0.3 is 12.0 Å². The van der Waals surface area contributed by atoms with Gasteiger partial charge in [-0.3, -0.25) is 14.0 Å². The summed E-state index contributed by atoms with van der Waals surface area (Å²) < 4.78 is 41.6. The number of thiophene rings is 1. The predicted octanol–water partition coefficient (Wildman–Crippen LogP) is 5.91. The molecule has 1 atom stereocenters. The number of fused-ring (bicyclic) bond motifs is 1. The monoisotopic (exact) mass is 621 g/mol. The molecule has 3 heterocycles. The van der Waals surface area contributed by atoms with Crippen LogP contribution < -0.4 is 9.64 Å². The van der Waals surface area contributed by atoms with Crippen molar-refractivity contribution < 1.29 is 42.8 Å². The minimum absolute atomic E-state index is 0.0363. The molecule has 1 aromatic carbocycles. The van der Waals surface area contributed by atoms with Crippen LogP contribution >= 0.6 is 22.1 Å². The number of aliphatic hydroxyl groups is 1. The van der Waals surface area contributed by atoms with E-state index in [1.165, 1.54) is 38.3 Å². The van der Waals surface area contributed by atoms with Crippen molar-refractivity contribution in [2.24, 2.45) is 0 Å². The SMILES string of the molecule is COc1ccccc1C(CN1C(=O)N(C(C)(C)C(=O)O)S(O)(O)c2c1sc(-c1ncco1)c2C)OC1CCC(O)CC1. The second-order valence-electron chi connectivity index (χ2n) is 10.9. The maximum Gasteiger partial charge on any atom is 0.344 e. The van der Waals surface area contributed by atoms with Crippen LogP contribution in [0.3, 0.4) is 0 Å². The molecule has 3 aromatic rings. The number of para-hydroxylation sites is 1. The van der Waals surface area contributed by atoms with Crippen LogP contribution in [0.5, 0.6) is 5.75 Å². The number of aliphatic hydroxyl groups excluding tert-OH is 1. The van der Waals surface area contributed by atoms with Crippen molar-refractivity contribution in [3.63, 3.8) is 0 Å². The number of hydrogen-bond acceptors (Lipinski definition) is 10. The normalized spacial score (nSPS) is 22.0. The summed E-state index contributed by atoms with van der Waals surface area (Å²) in [6.45, 7) is 4.08. The fraction of sp³-hybridized carbons (Fsp3) is 0.464. The van der Waals surface area contributed by atoms with Crippen molar-refractivity contribution in [3.05, 3.63) is 47.9 Å². The Labute approximate surface area is 249 Å². The third kappa shape index (κ3) is 5.27. The summed E-state index contributed by atoms with van der Waals surface area (Å²) in [5, 5.41) is 20.3. The number of amides is 2. The molecule has 12 nitrogen and oxygen atoms in total. The number of carbonyl (C=O) groups is 2. The number of nitrogens with zero attached hydrogens (tertiary/aromatic N) is 3. The van der Waals surface area contributed by atoms with Gasteiger partial charge in [-0.25, -0.2) is 18.9 Å². The van der Waals surface area contributed by atoms with E-state index in [0.717, 1.165) is 11.3 Å². The fourth-order valence-corrected chi connectivity index (χ4v) is 9.19. The zero-order chi connectivity index (χ0) is 30.4. The van der Waals surface area contributed by atoms with Crippen LogP contribution in [0.2, 0.25) is 0 Å². The lowest BCUT2D eigenvalue weighted by Crippen LogP contribution is -2.60. The fourth-order valence-electron chi connectivity index (χ4n) is 5.45. The molecule has 0 radical (unpaired) electrons. The van der Waals surface area contributed by atoms with Gasteiger partial charge in [0, 0.05) is 5.56 Å². The number of carboxylic acid groups (broad SMARTS) is 1. The zero-order valence-electron chi connectivity index (χ0n) is 23.7. The number of oxazole rings is 1. The first-order chi connectivity index (χ1) is 19.9. The number of urea groups is 1. The molecule has 0 bridgehead atoms. The van der Waals surface area contributed by atoms with Gasteiger partial charge in [-0.1, -0.05) is 29.0 Å². The minimum atomic E-state index is -4.11. The van der Waals surface area contributed by atoms with Crippen molar-refractivity contribution in [2.45, 2.75) is 75.2 Å². The average molecular weight is 622 g/mol. The summed E-state index contributed by atoms with van der Waals surface area (Å²) in [4.78, 5) is 32.7. The summed E-state index contributed by atoms with van der Waals surface area (Å²) in [5.74, 6) is -0.631. The lowest BCUT2D eigenvalue weighted by molar-refractivity contribution is -0.145. The molecule has 5 rings (SSSR count). The lowest BCUT2D eigenvalue weighted by Gasteiger charge is -2.53. The first-order valence-corrected chi connectivity index (χ1v) is 15.8. The lowest BCUT2D eigenvalue weighted by atomic mass is 9.94. The van der Waals surface area contributed by atoms with E-state index >= 15 is 0 Å². The van der Waals surface area contributed by atoms with Gasteiger partial charge in [0.2, 0.25) is 5.89 Å². The smallest absolute Gasteiger partial charge is 0.344 e. The number of aliphatic carboxylic acids is 1. The molecule has 1 fully saturated rings. The number of methoxy groups -OCH3 is 1. The maximum absolute atomic E-state index is 14.3. The van der Waals surface area contributed by atoms with E-state index in [2.05, 4.69) is 4.98 Å². The second-order valence-corrected chi connectivity index (χ2v) is 13.7. The average Bonchev–Trinajstić information content (AvgIpc) is 3.59. The molecule has 2 aromatic heterocycles. The van der Waals surface area contributed by atoms with Crippen molar-refractivity contribution in [1.82, 2.24) is 9.29 Å². The molecule has 1 saturated carbocycles. The van der Waals surface area contributed by atoms with E-state index < -0.39 is 34.4 Å². The molecule has 1 unspecified atom stereocenters. The van der Waals surface area contributed by atoms with Gasteiger partial charge in [-0.15, -0.1) is 11.3 Å². The highest BCUT2D eigenvalue weighted by Crippen LogP contribution is 2.66. The van der Waals surface area contributed by atoms with Crippen molar-refractivity contribution >= 4 is 39.1 Å². The Bertz CT molecular complexity index is 1450. The highest BCUT2D eigenvalue weighted by Gasteiger charge is 2.54. The number of anilines is 1. The first-order valence-electron chi connectivity index (χ1n) is 13.5. The quantitative estimate of drug-likeness (QED) is 0.226. The molecule has 14 heteroatoms. The summed E-state index contributed by atoms with van der Waals surface area (Å²) in [5.41, 5.74) is -0.899. The van der Waals surface area contributed by atoms with Gasteiger partial charge in [-0.2, -0.15) is 0 Å². The van der Waals surface area contributed by atoms with Crippen molar-refractivity contribution in [2.75, 3.05) is 18.6 Å². The first kappa shape index (κ1) is 30.3. The highest BCUT2D eigenvalue weighted by atomic mass is 32.3. The topological polar surface area (TPSA) is 166 Å². The van der Waals surface area contributed by atoms with Crippen molar-refractivity contribution in [3.8, 4) is 16.5 Å². The Morgan fingerprint density at radius 3 is 2.55 bits per heavy atom. The minimum Gasteiger partial charge on any atom is -0.496 e. The van der Waals surface area contributed by atoms with Crippen LogP contribution in [-0.2, 0) is 9.53 Å². The van der Waals surface area contributed by atoms with Crippen LogP contribution in [-0.4, -0.2) is 72.0 Å². The van der Waals surface area contributed by atoms with E-state index in [1.54, 1.807) is 13.0 Å². The molecule has 4 N–H and O–H groups in total. The summed E-state index contributed by atoms with van der Waals surface area (Å²) in [6.07, 6.45) is 3.93. The Kier molecular flexibility index (Phi) is 8.31. The Morgan fingerprint density at radius 1 is 1.24 bits per heavy atom. The Morgan fingerprint density at radius 2 is 1.93 bits per heavy atom. The Balaban J connectivity index is 1.65. The van der Waals surface area contributed by atoms with Gasteiger partial charge < -0.3 is 24.1 Å². The van der Waals surface area contributed by atoms with Gasteiger partial charge in [-0.05, 0) is 58.1 Å². The maximum atomic E-state index is 14.3. The van der Waals surface area contributed by atoms with E-state index in [-0.39, 0.29) is 34.5 Å². The molecule has 1 aliphatic heterocycles. The van der Waals surface area contributed by atoms with E-state index in [1.807, 2.05) is 18.2 Å². The molecule has 42 heavy (non-hydrogen) atoms. The van der Waals surface area contributed by atoms with Gasteiger partial charge in [0.15, 0.2) is 5.54 Å². The summed E-state index contributed by atoms with van der Waals surface area (Å²) >= 11 is 1.10. The Hall–Kier alpha value is -3.14. The van der Waals surface area contributed by atoms with Crippen molar-refractivity contribution in [1.29, 1.82) is 0 Å². The molecule has 228 valence electrons. The largest absolute Gasteiger partial charge is 0.496 e. The van der Waals surface area contributed by atoms with E-state index in [0.29, 0.717) is 51.7 Å². The number of carbonyl (C=O) groups excluding carboxylic acids is 1. The summed E-state index contributed by atoms with van der Waals surface area (Å²) in [7, 11) is -2.57. The number of hydrogen-bond donors (Lipinski definition) is 4. The van der Waals surface area contributed by atoms with Crippen LogP contribution in [0.1, 0.15) is 56.8 Å². The number of rotatable bonds is 9. The molecular weight excluding hydrogens is 586 g/mol. The van der Waals surface area contributed by atoms with Gasteiger partial charge in [0.1, 0.15) is 28.0 Å². The van der Waals surface area contributed by atoms with Gasteiger partial charge in [0.25, 0.3) is 0 Å². The number of ether oxygens (including phenoxy) is 2.